The normalized spacial score (nSPS) is 57.2. The summed E-state index contributed by atoms with van der Waals surface area (Å²) in [5.74, 6) is -2.77. The second kappa shape index (κ2) is 20.2. The Bertz CT molecular complexity index is 2340. The smallest absolute Gasteiger partial charge is 0.308 e. The van der Waals surface area contributed by atoms with E-state index in [1.54, 1.807) is 0 Å². The van der Waals surface area contributed by atoms with Gasteiger partial charge in [0.25, 0.3) is 0 Å². The summed E-state index contributed by atoms with van der Waals surface area (Å²) in [6.45, 7) is 17.4. The predicted molar refractivity (Wildman–Crippen MR) is 274 cm³/mol. The number of aliphatic hydroxyl groups excluding tert-OH is 3. The standard InChI is InChI=1S/C60H86O19/c1-26-13-33-7-9-37-27(2)14-35(65-37)11-12-58-23-46-54(78-58)55-56(72-46)57(79-58)53-38(69-55)10-8-34(67-53)16-48(64)73-52-31(6)51-43(68-42(52)17-39(66-33)30(26)5)19-41-45(71-51)22-60(74-41)24-47-50(77-60)29(4)21-59(76-47)20-28(3)49-44(75-59)18-40(70-49)36(63)15-32(62)25-61/h26,28-29,31-47,49-57,61-63H,2,5,7-25H2,1,3-4,6H3/t26-,28+,29+,31-,32+,33-,34-,35?,36-,37+,38+,39-,40+,41?,42+,43?,44+,45?,46-,47+,49+,50+,51?,52?,53-,54-,55?,56-,57+,58+,59-,60+/m1/s1. The van der Waals surface area contributed by atoms with Crippen molar-refractivity contribution < 1.29 is 91.2 Å². The van der Waals surface area contributed by atoms with Gasteiger partial charge in [0.15, 0.2) is 17.4 Å². The van der Waals surface area contributed by atoms with Gasteiger partial charge in [-0.15, -0.1) is 0 Å². The number of aliphatic hydroxyl groups is 3. The van der Waals surface area contributed by atoms with E-state index < -0.39 is 72.8 Å². The van der Waals surface area contributed by atoms with Crippen LogP contribution in [0, 0.1) is 23.7 Å². The lowest BCUT2D eigenvalue weighted by Crippen LogP contribution is -2.62. The summed E-state index contributed by atoms with van der Waals surface area (Å²) in [5.41, 5.74) is 2.15. The van der Waals surface area contributed by atoms with Crippen molar-refractivity contribution in [2.75, 3.05) is 6.61 Å². The minimum absolute atomic E-state index is 0.0143. The minimum atomic E-state index is -1.02. The van der Waals surface area contributed by atoms with Crippen molar-refractivity contribution in [3.8, 4) is 0 Å². The summed E-state index contributed by atoms with van der Waals surface area (Å²) in [4.78, 5) is 14.6. The first kappa shape index (κ1) is 54.0. The molecule has 16 rings (SSSR count). The van der Waals surface area contributed by atoms with Crippen LogP contribution in [0.25, 0.3) is 0 Å². The van der Waals surface area contributed by atoms with Crippen LogP contribution in [0.15, 0.2) is 24.3 Å². The summed E-state index contributed by atoms with van der Waals surface area (Å²) in [6.07, 6.45) is 2.17. The molecule has 32 atom stereocenters. The third-order valence-corrected chi connectivity index (χ3v) is 21.9. The molecule has 0 saturated carbocycles. The molecule has 16 aliphatic heterocycles. The lowest BCUT2D eigenvalue weighted by Gasteiger charge is -2.50. The number of carbonyl (C=O) groups excluding carboxylic acids is 1. The summed E-state index contributed by atoms with van der Waals surface area (Å²) in [6, 6.07) is 0. The average molecular weight is 1110 g/mol. The number of fused-ring (bicyclic) bond motifs is 10. The molecule has 3 N–H and O–H groups in total. The second-order valence-electron chi connectivity index (χ2n) is 27.5. The fourth-order valence-electron chi connectivity index (χ4n) is 18.2. The predicted octanol–water partition coefficient (Wildman–Crippen LogP) is 4.93. The topological polar surface area (TPSA) is 216 Å². The van der Waals surface area contributed by atoms with Crippen LogP contribution in [-0.2, 0) is 75.8 Å². The van der Waals surface area contributed by atoms with E-state index in [0.717, 1.165) is 49.7 Å². The largest absolute Gasteiger partial charge is 0.459 e. The molecule has 0 amide bonds. The zero-order chi connectivity index (χ0) is 54.0. The van der Waals surface area contributed by atoms with Gasteiger partial charge in [-0.2, -0.15) is 0 Å². The maximum atomic E-state index is 14.6. The molecule has 0 aromatic carbocycles. The second-order valence-corrected chi connectivity index (χ2v) is 27.5. The van der Waals surface area contributed by atoms with Gasteiger partial charge in [-0.3, -0.25) is 4.79 Å². The van der Waals surface area contributed by atoms with E-state index >= 15 is 0 Å². The Kier molecular flexibility index (Phi) is 13.8. The van der Waals surface area contributed by atoms with Crippen LogP contribution in [0.3, 0.4) is 0 Å². The van der Waals surface area contributed by atoms with Crippen LogP contribution in [0.5, 0.6) is 0 Å². The van der Waals surface area contributed by atoms with E-state index in [-0.39, 0.29) is 146 Å². The molecule has 19 heteroatoms. The van der Waals surface area contributed by atoms with E-state index in [2.05, 4.69) is 40.9 Å². The Balaban J connectivity index is 0.655. The SMILES string of the molecule is C=C1CC2CC[C@@]34C[C@H]5O[C@@H]6C(O[C@H]7CC[C@H](CC(=O)OC8[C@H](C)C9OC%10C[C@]%11(C[C@@H]%12O[C@]%13(C[C@H](C)[C@@H]%14O[C@H]([C@H](O)C[C@H](O)CO)C[C@@H]%14O%13)C[C@H](C)[C@@H]%12O%11)OC%10CC9O[C@H]8C[C@H]8O[C@H](CC[C@@H]1O2)C[C@@H](C)C8=C)O[C@H]7[C@@H]6O3)[C@@H]5O4. The van der Waals surface area contributed by atoms with E-state index in [0.29, 0.717) is 64.2 Å². The van der Waals surface area contributed by atoms with Crippen LogP contribution in [0.2, 0.25) is 0 Å². The van der Waals surface area contributed by atoms with Crippen LogP contribution in [0.4, 0.5) is 0 Å². The molecule has 440 valence electrons. The molecule has 16 fully saturated rings. The zero-order valence-corrected chi connectivity index (χ0v) is 46.5. The first-order valence-electron chi connectivity index (χ1n) is 30.8. The number of ether oxygens (including phenoxy) is 15. The van der Waals surface area contributed by atoms with Gasteiger partial charge in [0.1, 0.15) is 36.6 Å². The van der Waals surface area contributed by atoms with Gasteiger partial charge in [-0.05, 0) is 73.8 Å². The third-order valence-electron chi connectivity index (χ3n) is 21.9. The Labute approximate surface area is 463 Å². The van der Waals surface area contributed by atoms with E-state index in [1.165, 1.54) is 0 Å². The fraction of sp³-hybridized carbons (Fsp3) is 0.917. The molecule has 16 heterocycles. The molecular formula is C60H86O19. The van der Waals surface area contributed by atoms with Crippen molar-refractivity contribution in [2.45, 2.75) is 313 Å². The van der Waals surface area contributed by atoms with E-state index in [1.807, 2.05) is 0 Å². The molecular weight excluding hydrogens is 1020 g/mol. The van der Waals surface area contributed by atoms with Gasteiger partial charge in [-0.25, -0.2) is 0 Å². The summed E-state index contributed by atoms with van der Waals surface area (Å²) in [5, 5.41) is 30.3. The maximum Gasteiger partial charge on any atom is 0.308 e. The van der Waals surface area contributed by atoms with Gasteiger partial charge in [0, 0.05) is 70.1 Å². The van der Waals surface area contributed by atoms with Crippen LogP contribution < -0.4 is 0 Å². The molecule has 12 bridgehead atoms. The minimum Gasteiger partial charge on any atom is -0.459 e. The Hall–Kier alpha value is -1.73. The number of esters is 1. The zero-order valence-electron chi connectivity index (χ0n) is 46.5. The summed E-state index contributed by atoms with van der Waals surface area (Å²) < 4.78 is 104. The van der Waals surface area contributed by atoms with Crippen molar-refractivity contribution in [3.05, 3.63) is 24.3 Å². The Morgan fingerprint density at radius 1 is 0.506 bits per heavy atom. The Morgan fingerprint density at radius 2 is 1.18 bits per heavy atom. The van der Waals surface area contributed by atoms with Gasteiger partial charge >= 0.3 is 5.97 Å². The van der Waals surface area contributed by atoms with E-state index in [4.69, 9.17) is 71.1 Å². The quantitative estimate of drug-likeness (QED) is 0.251. The molecule has 16 saturated heterocycles. The molecule has 3 spiro atoms. The molecule has 0 radical (unpaired) electrons. The molecule has 0 aliphatic carbocycles. The summed E-state index contributed by atoms with van der Waals surface area (Å²) >= 11 is 0. The van der Waals surface area contributed by atoms with Crippen molar-refractivity contribution in [1.82, 2.24) is 0 Å². The Morgan fingerprint density at radius 3 is 2.03 bits per heavy atom. The number of rotatable bonds is 4. The highest BCUT2D eigenvalue weighted by molar-refractivity contribution is 5.70. The summed E-state index contributed by atoms with van der Waals surface area (Å²) in [7, 11) is 0. The molecule has 0 aromatic heterocycles. The van der Waals surface area contributed by atoms with Gasteiger partial charge in [0.2, 0.25) is 0 Å². The van der Waals surface area contributed by atoms with E-state index in [9.17, 15) is 20.1 Å². The maximum absolute atomic E-state index is 14.6. The van der Waals surface area contributed by atoms with Crippen LogP contribution in [0.1, 0.15) is 143 Å². The fourth-order valence-corrected chi connectivity index (χ4v) is 18.2. The number of hydrogen-bond acceptors (Lipinski definition) is 19. The van der Waals surface area contributed by atoms with Gasteiger partial charge in [-0.1, -0.05) is 40.9 Å². The average Bonchev–Trinajstić information content (AvgIpc) is 4.46. The molecule has 16 aliphatic rings. The molecule has 79 heavy (non-hydrogen) atoms. The van der Waals surface area contributed by atoms with Gasteiger partial charge < -0.3 is 86.4 Å². The third kappa shape index (κ3) is 9.43. The lowest BCUT2D eigenvalue weighted by molar-refractivity contribution is -0.347. The van der Waals surface area contributed by atoms with Crippen LogP contribution in [-0.4, -0.2) is 198 Å². The van der Waals surface area contributed by atoms with Crippen molar-refractivity contribution in [3.63, 3.8) is 0 Å². The monoisotopic (exact) mass is 1110 g/mol. The number of hydrogen-bond donors (Lipinski definition) is 3. The highest BCUT2D eigenvalue weighted by atomic mass is 16.8. The molecule has 7 unspecified atom stereocenters. The highest BCUT2D eigenvalue weighted by Gasteiger charge is 2.70. The molecule has 0 aromatic rings. The lowest BCUT2D eigenvalue weighted by atomic mass is 9.79. The first-order chi connectivity index (χ1) is 38.0. The first-order valence-corrected chi connectivity index (χ1v) is 30.8. The number of carbonyl (C=O) groups is 1. The van der Waals surface area contributed by atoms with Crippen LogP contribution >= 0.6 is 0 Å². The van der Waals surface area contributed by atoms with Crippen molar-refractivity contribution in [1.29, 1.82) is 0 Å². The van der Waals surface area contributed by atoms with Gasteiger partial charge in [0.05, 0.1) is 129 Å². The van der Waals surface area contributed by atoms with Crippen molar-refractivity contribution in [2.24, 2.45) is 23.7 Å². The molecule has 19 nitrogen and oxygen atoms in total. The highest BCUT2D eigenvalue weighted by Crippen LogP contribution is 2.58. The van der Waals surface area contributed by atoms with Crippen molar-refractivity contribution >= 4 is 5.97 Å².